The largest absolute Gasteiger partial charge is 0.317 e. The van der Waals surface area contributed by atoms with Gasteiger partial charge in [-0.05, 0) is 67.4 Å². The van der Waals surface area contributed by atoms with Gasteiger partial charge in [-0.2, -0.15) is 0 Å². The molecule has 2 aliphatic rings. The highest BCUT2D eigenvalue weighted by atomic mass is 31.1. The molecule has 0 saturated carbocycles. The highest BCUT2D eigenvalue weighted by molar-refractivity contribution is 7.43. The van der Waals surface area contributed by atoms with Gasteiger partial charge in [0, 0.05) is 35.6 Å². The molecular weight excluding hydrogens is 684 g/mol. The first-order chi connectivity index (χ1) is 26.1. The van der Waals surface area contributed by atoms with Crippen molar-refractivity contribution in [1.82, 2.24) is 22.2 Å². The van der Waals surface area contributed by atoms with E-state index in [1.54, 1.807) is 0 Å². The third-order valence-corrected chi connectivity index (χ3v) is 17.4. The van der Waals surface area contributed by atoms with Gasteiger partial charge in [0.25, 0.3) is 0 Å². The zero-order valence-electron chi connectivity index (χ0n) is 29.8. The first-order valence-corrected chi connectivity index (χ1v) is 21.6. The molecule has 0 aliphatic carbocycles. The molecule has 1 spiro atoms. The second kappa shape index (κ2) is 10.8. The lowest BCUT2D eigenvalue weighted by molar-refractivity contribution is 0.141. The molecule has 53 heavy (non-hydrogen) atoms. The van der Waals surface area contributed by atoms with Gasteiger partial charge in [-0.3, -0.25) is 0 Å². The number of aryl methyl sites for hydroxylation is 2. The fraction of sp³-hybridized carbons (Fsp3) is 0.130. The minimum absolute atomic E-state index is 0.728. The summed E-state index contributed by atoms with van der Waals surface area (Å²) in [6, 6.07) is 55.2. The highest BCUT2D eigenvalue weighted by Crippen LogP contribution is 2.52. The Bertz CT molecular complexity index is 3120. The quantitative estimate of drug-likeness (QED) is 0.139. The van der Waals surface area contributed by atoms with Gasteiger partial charge in [0.2, 0.25) is 0 Å². The lowest BCUT2D eigenvalue weighted by Crippen LogP contribution is -2.56. The zero-order chi connectivity index (χ0) is 35.0. The lowest BCUT2D eigenvalue weighted by Gasteiger charge is -2.33. The number of fused-ring (bicyclic) bond motifs is 20. The smallest absolute Gasteiger partial charge is 0.137 e. The first-order valence-electron chi connectivity index (χ1n) is 18.7. The topological polar surface area (TPSA) is 19.7 Å². The fourth-order valence-electron chi connectivity index (χ4n) is 10.1. The van der Waals surface area contributed by atoms with E-state index in [4.69, 9.17) is 0 Å². The Balaban J connectivity index is 1.34. The zero-order valence-corrected chi connectivity index (χ0v) is 31.6. The van der Waals surface area contributed by atoms with Crippen LogP contribution in [0.15, 0.2) is 146 Å². The maximum absolute atomic E-state index is 2.91. The number of hydrogen-bond acceptors (Lipinski definition) is 0. The van der Waals surface area contributed by atoms with Gasteiger partial charge in [0.05, 0.1) is 39.1 Å². The predicted molar refractivity (Wildman–Crippen MR) is 230 cm³/mol. The molecule has 2 aliphatic heterocycles. The Hall–Kier alpha value is -5.44. The molecule has 8 aromatic carbocycles. The van der Waals surface area contributed by atoms with Crippen LogP contribution < -0.4 is 4.70 Å². The molecule has 256 valence electrons. The molecule has 12 rings (SSSR count). The minimum atomic E-state index is -0.728. The summed E-state index contributed by atoms with van der Waals surface area (Å²) in [4.78, 5) is 0. The summed E-state index contributed by atoms with van der Waals surface area (Å²) >= 11 is 0. The number of quaternary nitrogens is 1. The molecular formula is C46H38N5P2+. The van der Waals surface area contributed by atoms with Crippen LogP contribution in [0.4, 0.5) is 0 Å². The SMILES string of the molecule is Cn1c2ccc3ccccc3c2c2c3ccccc3ccc2n2p1CC[N+]21CCp2n(C)c3ccc4ccccc4c3c3c4ccccc4ccc3n21. The van der Waals surface area contributed by atoms with Gasteiger partial charge in [-0.1, -0.05) is 121 Å². The summed E-state index contributed by atoms with van der Waals surface area (Å²) in [5.41, 5.74) is 5.41. The third kappa shape index (κ3) is 3.87. The van der Waals surface area contributed by atoms with Crippen molar-refractivity contribution in [3.05, 3.63) is 146 Å². The van der Waals surface area contributed by atoms with Gasteiger partial charge in [0.15, 0.2) is 0 Å². The van der Waals surface area contributed by atoms with Crippen molar-refractivity contribution in [2.45, 2.75) is 12.3 Å². The van der Waals surface area contributed by atoms with Crippen molar-refractivity contribution in [2.75, 3.05) is 13.1 Å². The first kappa shape index (κ1) is 30.1. The summed E-state index contributed by atoms with van der Waals surface area (Å²) in [6.07, 6.45) is 2.26. The fourth-order valence-corrected chi connectivity index (χ4v) is 15.6. The molecule has 10 aromatic rings. The predicted octanol–water partition coefficient (Wildman–Crippen LogP) is 12.3. The standard InChI is InChI=1S/C46H38N5P2/c1-47-39-23-19-31-11-3-7-15-35(31)43(39)45-37-17-9-5-13-33(37)21-25-41(45)49-51(27-29-52(47)49)28-30-53-48(2)40-24-20-32-12-4-8-16-36(32)44(40)46-38-18-10-6-14-34(38)22-26-42(46)50(51)53/h3-26H,27-30H2,1-2H3/q+1. The van der Waals surface area contributed by atoms with Crippen LogP contribution in [-0.2, 0) is 26.4 Å². The van der Waals surface area contributed by atoms with E-state index >= 15 is 0 Å². The van der Waals surface area contributed by atoms with E-state index in [1.165, 1.54) is 86.7 Å². The van der Waals surface area contributed by atoms with Crippen LogP contribution in [0.1, 0.15) is 0 Å². The van der Waals surface area contributed by atoms with E-state index in [0.717, 1.165) is 30.1 Å². The monoisotopic (exact) mass is 722 g/mol. The van der Waals surface area contributed by atoms with Crippen molar-refractivity contribution in [3.8, 4) is 0 Å². The highest BCUT2D eigenvalue weighted by Gasteiger charge is 2.48. The van der Waals surface area contributed by atoms with Crippen LogP contribution in [0.25, 0.3) is 86.7 Å². The van der Waals surface area contributed by atoms with Gasteiger partial charge < -0.3 is 8.66 Å². The van der Waals surface area contributed by atoms with Crippen LogP contribution in [-0.4, -0.2) is 30.6 Å². The second-order valence-electron chi connectivity index (χ2n) is 14.9. The Kier molecular flexibility index (Phi) is 6.13. The molecule has 0 fully saturated rings. The molecule has 0 bridgehead atoms. The molecule has 5 nitrogen and oxygen atoms in total. The van der Waals surface area contributed by atoms with E-state index in [2.05, 4.69) is 177 Å². The number of aromatic nitrogens is 4. The average Bonchev–Trinajstić information content (AvgIpc) is 3.72. The number of hydrogen-bond donors (Lipinski definition) is 0. The van der Waals surface area contributed by atoms with Crippen LogP contribution in [0.5, 0.6) is 0 Å². The van der Waals surface area contributed by atoms with E-state index in [-0.39, 0.29) is 0 Å². The third-order valence-electron chi connectivity index (χ3n) is 12.4. The van der Waals surface area contributed by atoms with Crippen molar-refractivity contribution in [2.24, 2.45) is 14.1 Å². The van der Waals surface area contributed by atoms with Crippen LogP contribution in [0, 0.1) is 0 Å². The Morgan fingerprint density at radius 2 is 0.679 bits per heavy atom. The molecule has 0 amide bonds. The summed E-state index contributed by atoms with van der Waals surface area (Å²) in [5, 5.41) is 16.0. The van der Waals surface area contributed by atoms with Crippen LogP contribution in [0.2, 0.25) is 0 Å². The molecule has 0 N–H and O–H groups in total. The van der Waals surface area contributed by atoms with Crippen molar-refractivity contribution in [3.63, 3.8) is 0 Å². The van der Waals surface area contributed by atoms with E-state index < -0.39 is 15.7 Å². The Morgan fingerprint density at radius 3 is 1.04 bits per heavy atom. The normalized spacial score (nSPS) is 17.3. The Labute approximate surface area is 308 Å². The lowest BCUT2D eigenvalue weighted by atomic mass is 9.98. The average molecular weight is 723 g/mol. The van der Waals surface area contributed by atoms with E-state index in [9.17, 15) is 0 Å². The maximum Gasteiger partial charge on any atom is 0.137 e. The maximum atomic E-state index is 2.91. The minimum Gasteiger partial charge on any atom is -0.317 e. The van der Waals surface area contributed by atoms with Crippen LogP contribution >= 0.6 is 15.7 Å². The van der Waals surface area contributed by atoms with Crippen molar-refractivity contribution in [1.29, 1.82) is 0 Å². The molecule has 7 heteroatoms. The summed E-state index contributed by atoms with van der Waals surface area (Å²) in [6.45, 7) is 2.14. The van der Waals surface area contributed by atoms with Gasteiger partial charge in [0.1, 0.15) is 24.1 Å². The number of benzene rings is 8. The summed E-state index contributed by atoms with van der Waals surface area (Å²) in [5.74, 6) is 0. The molecule has 2 aromatic heterocycles. The number of nitrogens with zero attached hydrogens (tertiary/aromatic N) is 5. The summed E-state index contributed by atoms with van der Waals surface area (Å²) in [7, 11) is 3.29. The Morgan fingerprint density at radius 1 is 0.377 bits per heavy atom. The van der Waals surface area contributed by atoms with Crippen molar-refractivity contribution < 1.29 is 0 Å². The second-order valence-corrected chi connectivity index (χ2v) is 19.2. The molecule has 0 saturated heterocycles. The van der Waals surface area contributed by atoms with Crippen molar-refractivity contribution >= 4 is 102 Å². The van der Waals surface area contributed by atoms with E-state index in [0.29, 0.717) is 0 Å². The van der Waals surface area contributed by atoms with Gasteiger partial charge in [-0.15, -0.1) is 13.6 Å². The molecule has 2 unspecified atom stereocenters. The molecule has 0 radical (unpaired) electrons. The van der Waals surface area contributed by atoms with E-state index in [1.807, 2.05) is 0 Å². The number of rotatable bonds is 0. The van der Waals surface area contributed by atoms with Gasteiger partial charge >= 0.3 is 0 Å². The molecule has 4 heterocycles. The molecule has 2 atom stereocenters. The summed E-state index contributed by atoms with van der Waals surface area (Å²) < 4.78 is 12.0. The van der Waals surface area contributed by atoms with Gasteiger partial charge in [-0.25, -0.2) is 0 Å². The van der Waals surface area contributed by atoms with Crippen LogP contribution in [0.3, 0.4) is 0 Å².